The maximum atomic E-state index is 12.1. The lowest BCUT2D eigenvalue weighted by Gasteiger charge is -2.18. The van der Waals surface area contributed by atoms with E-state index < -0.39 is 10.0 Å². The first-order valence-electron chi connectivity index (χ1n) is 5.76. The molecule has 0 saturated carbocycles. The van der Waals surface area contributed by atoms with Crippen LogP contribution in [0.5, 0.6) is 5.75 Å². The van der Waals surface area contributed by atoms with Crippen LogP contribution in [0.2, 0.25) is 0 Å². The average Bonchev–Trinajstić information content (AvgIpc) is 2.40. The number of nitrogens with zero attached hydrogens (tertiary/aromatic N) is 1. The van der Waals surface area contributed by atoms with Crippen LogP contribution in [-0.2, 0) is 10.0 Å². The molecule has 0 amide bonds. The van der Waals surface area contributed by atoms with E-state index in [0.717, 1.165) is 5.56 Å². The van der Waals surface area contributed by atoms with Crippen LogP contribution in [0, 0.1) is 6.92 Å². The molecule has 0 saturated heterocycles. The number of benzene rings is 2. The molecule has 1 aliphatic rings. The molecule has 0 fully saturated rings. The standard InChI is InChI=1S/C14H11NO3S/c1-10-6-5-9-12-13(10)18-14(15-19(12,16)17)11-7-3-2-4-8-11/h2-9H,1H3. The normalized spacial score (nSPS) is 16.2. The molecule has 96 valence electrons. The van der Waals surface area contributed by atoms with Gasteiger partial charge in [-0.1, -0.05) is 30.3 Å². The number of hydrogen-bond donors (Lipinski definition) is 0. The number of hydrogen-bond acceptors (Lipinski definition) is 3. The van der Waals surface area contributed by atoms with E-state index in [1.165, 1.54) is 6.07 Å². The molecule has 0 N–H and O–H groups in total. The lowest BCUT2D eigenvalue weighted by atomic mass is 10.2. The van der Waals surface area contributed by atoms with Gasteiger partial charge in [-0.15, -0.1) is 4.40 Å². The Morgan fingerprint density at radius 1 is 1.00 bits per heavy atom. The number of rotatable bonds is 1. The molecule has 5 heteroatoms. The Labute approximate surface area is 111 Å². The quantitative estimate of drug-likeness (QED) is 0.802. The lowest BCUT2D eigenvalue weighted by Crippen LogP contribution is -2.20. The van der Waals surface area contributed by atoms with Gasteiger partial charge < -0.3 is 4.74 Å². The molecule has 1 heterocycles. The van der Waals surface area contributed by atoms with Crippen molar-refractivity contribution in [3.8, 4) is 5.75 Å². The number of sulfonamides is 1. The van der Waals surface area contributed by atoms with Crippen molar-refractivity contribution in [3.63, 3.8) is 0 Å². The number of fused-ring (bicyclic) bond motifs is 1. The molecular weight excluding hydrogens is 262 g/mol. The van der Waals surface area contributed by atoms with Crippen LogP contribution in [0.15, 0.2) is 57.8 Å². The van der Waals surface area contributed by atoms with Crippen LogP contribution in [0.3, 0.4) is 0 Å². The highest BCUT2D eigenvalue weighted by Gasteiger charge is 2.28. The van der Waals surface area contributed by atoms with E-state index >= 15 is 0 Å². The third-order valence-electron chi connectivity index (χ3n) is 2.88. The van der Waals surface area contributed by atoms with Crippen molar-refractivity contribution >= 4 is 15.9 Å². The third-order valence-corrected chi connectivity index (χ3v) is 4.16. The van der Waals surface area contributed by atoms with Crippen molar-refractivity contribution < 1.29 is 13.2 Å². The highest BCUT2D eigenvalue weighted by molar-refractivity contribution is 7.90. The highest BCUT2D eigenvalue weighted by Crippen LogP contribution is 2.33. The first-order valence-corrected chi connectivity index (χ1v) is 7.20. The molecule has 0 atom stereocenters. The zero-order valence-electron chi connectivity index (χ0n) is 10.2. The van der Waals surface area contributed by atoms with Crippen molar-refractivity contribution in [3.05, 3.63) is 59.7 Å². The maximum absolute atomic E-state index is 12.1. The molecular formula is C14H11NO3S. The van der Waals surface area contributed by atoms with Gasteiger partial charge in [0.25, 0.3) is 10.0 Å². The summed E-state index contributed by atoms with van der Waals surface area (Å²) in [6.45, 7) is 1.81. The van der Waals surface area contributed by atoms with Gasteiger partial charge in [0.15, 0.2) is 5.75 Å². The van der Waals surface area contributed by atoms with Gasteiger partial charge in [0, 0.05) is 5.56 Å². The summed E-state index contributed by atoms with van der Waals surface area (Å²) in [7, 11) is -3.70. The predicted octanol–water partition coefficient (Wildman–Crippen LogP) is 2.52. The molecule has 0 unspecified atom stereocenters. The molecule has 2 aromatic carbocycles. The second-order valence-electron chi connectivity index (χ2n) is 4.24. The fourth-order valence-corrected chi connectivity index (χ4v) is 3.07. The Morgan fingerprint density at radius 2 is 1.74 bits per heavy atom. The molecule has 2 aromatic rings. The summed E-state index contributed by atoms with van der Waals surface area (Å²) in [5.41, 5.74) is 1.41. The molecule has 19 heavy (non-hydrogen) atoms. The summed E-state index contributed by atoms with van der Waals surface area (Å²) in [6.07, 6.45) is 0. The Balaban J connectivity index is 2.20. The molecule has 0 spiro atoms. The molecule has 0 radical (unpaired) electrons. The van der Waals surface area contributed by atoms with Crippen molar-refractivity contribution in [2.75, 3.05) is 0 Å². The second-order valence-corrected chi connectivity index (χ2v) is 5.81. The van der Waals surface area contributed by atoms with Crippen LogP contribution in [0.25, 0.3) is 0 Å². The Hall–Kier alpha value is -2.14. The minimum Gasteiger partial charge on any atom is -0.436 e. The minimum atomic E-state index is -3.70. The van der Waals surface area contributed by atoms with E-state index in [0.29, 0.717) is 11.3 Å². The van der Waals surface area contributed by atoms with Crippen LogP contribution < -0.4 is 4.74 Å². The van der Waals surface area contributed by atoms with Crippen LogP contribution in [0.1, 0.15) is 11.1 Å². The van der Waals surface area contributed by atoms with E-state index in [1.54, 1.807) is 30.3 Å². The second kappa shape index (κ2) is 4.20. The SMILES string of the molecule is Cc1cccc2c1OC(c1ccccc1)=NS2(=O)=O. The first kappa shape index (κ1) is 11.9. The molecule has 0 aromatic heterocycles. The summed E-state index contributed by atoms with van der Waals surface area (Å²) in [6, 6.07) is 14.0. The van der Waals surface area contributed by atoms with Gasteiger partial charge in [-0.2, -0.15) is 8.42 Å². The molecule has 4 nitrogen and oxygen atoms in total. The van der Waals surface area contributed by atoms with Crippen molar-refractivity contribution in [1.29, 1.82) is 0 Å². The van der Waals surface area contributed by atoms with Gasteiger partial charge in [0.05, 0.1) is 0 Å². The van der Waals surface area contributed by atoms with E-state index in [-0.39, 0.29) is 10.8 Å². The van der Waals surface area contributed by atoms with Crippen LogP contribution >= 0.6 is 0 Å². The summed E-state index contributed by atoms with van der Waals surface area (Å²) >= 11 is 0. The number of ether oxygens (including phenoxy) is 1. The van der Waals surface area contributed by atoms with E-state index in [2.05, 4.69) is 4.40 Å². The Kier molecular flexibility index (Phi) is 2.64. The summed E-state index contributed by atoms with van der Waals surface area (Å²) in [5, 5.41) is 0. The van der Waals surface area contributed by atoms with Gasteiger partial charge in [0.1, 0.15) is 4.90 Å². The zero-order valence-corrected chi connectivity index (χ0v) is 11.0. The largest absolute Gasteiger partial charge is 0.436 e. The van der Waals surface area contributed by atoms with Crippen molar-refractivity contribution in [2.24, 2.45) is 4.40 Å². The fourth-order valence-electron chi connectivity index (χ4n) is 1.93. The van der Waals surface area contributed by atoms with Gasteiger partial charge in [-0.25, -0.2) is 0 Å². The predicted molar refractivity (Wildman–Crippen MR) is 72.0 cm³/mol. The van der Waals surface area contributed by atoms with E-state index in [4.69, 9.17) is 4.74 Å². The van der Waals surface area contributed by atoms with Crippen molar-refractivity contribution in [1.82, 2.24) is 0 Å². The monoisotopic (exact) mass is 273 g/mol. The molecule has 0 aliphatic carbocycles. The first-order chi connectivity index (χ1) is 9.08. The zero-order chi connectivity index (χ0) is 13.5. The molecule has 0 bridgehead atoms. The fraction of sp³-hybridized carbons (Fsp3) is 0.0714. The van der Waals surface area contributed by atoms with Crippen molar-refractivity contribution in [2.45, 2.75) is 11.8 Å². The minimum absolute atomic E-state index is 0.113. The summed E-state index contributed by atoms with van der Waals surface area (Å²) < 4.78 is 33.7. The topological polar surface area (TPSA) is 55.7 Å². The van der Waals surface area contributed by atoms with E-state index in [1.807, 2.05) is 19.1 Å². The van der Waals surface area contributed by atoms with Gasteiger partial charge >= 0.3 is 0 Å². The number of aryl methyl sites for hydroxylation is 1. The van der Waals surface area contributed by atoms with E-state index in [9.17, 15) is 8.42 Å². The molecule has 1 aliphatic heterocycles. The van der Waals surface area contributed by atoms with Crippen LogP contribution in [-0.4, -0.2) is 14.3 Å². The Morgan fingerprint density at radius 3 is 2.47 bits per heavy atom. The van der Waals surface area contributed by atoms with Gasteiger partial charge in [-0.3, -0.25) is 0 Å². The lowest BCUT2D eigenvalue weighted by molar-refractivity contribution is 0.515. The van der Waals surface area contributed by atoms with Gasteiger partial charge in [0.2, 0.25) is 5.90 Å². The number of para-hydroxylation sites is 1. The smallest absolute Gasteiger partial charge is 0.289 e. The third kappa shape index (κ3) is 2.02. The molecule has 3 rings (SSSR count). The summed E-state index contributed by atoms with van der Waals surface area (Å²) in [4.78, 5) is 0.118. The average molecular weight is 273 g/mol. The highest BCUT2D eigenvalue weighted by atomic mass is 32.2. The van der Waals surface area contributed by atoms with Crippen LogP contribution in [0.4, 0.5) is 0 Å². The summed E-state index contributed by atoms with van der Waals surface area (Å²) in [5.74, 6) is 0.471. The van der Waals surface area contributed by atoms with Gasteiger partial charge in [-0.05, 0) is 30.7 Å². The Bertz CT molecular complexity index is 765. The maximum Gasteiger partial charge on any atom is 0.289 e.